The number of benzene rings is 2. The van der Waals surface area contributed by atoms with Crippen LogP contribution in [0.2, 0.25) is 0 Å². The first-order valence-electron chi connectivity index (χ1n) is 7.00. The summed E-state index contributed by atoms with van der Waals surface area (Å²) in [5, 5.41) is 3.27. The Morgan fingerprint density at radius 3 is 2.62 bits per heavy atom. The molecule has 0 unspecified atom stereocenters. The van der Waals surface area contributed by atoms with Crippen molar-refractivity contribution < 1.29 is 13.9 Å². The lowest BCUT2D eigenvalue weighted by Crippen LogP contribution is -2.17. The topological polar surface area (TPSA) is 30.5 Å². The van der Waals surface area contributed by atoms with E-state index in [9.17, 15) is 4.39 Å². The molecule has 0 aliphatic rings. The van der Waals surface area contributed by atoms with E-state index in [0.29, 0.717) is 13.2 Å². The fourth-order valence-corrected chi connectivity index (χ4v) is 1.96. The summed E-state index contributed by atoms with van der Waals surface area (Å²) in [4.78, 5) is 0. The van der Waals surface area contributed by atoms with Crippen LogP contribution in [-0.2, 0) is 6.54 Å². The number of nitrogens with one attached hydrogen (secondary N) is 1. The third kappa shape index (κ3) is 5.08. The highest BCUT2D eigenvalue weighted by Gasteiger charge is 2.02. The summed E-state index contributed by atoms with van der Waals surface area (Å²) in [7, 11) is 1.46. The molecule has 2 aromatic rings. The molecule has 0 atom stereocenters. The van der Waals surface area contributed by atoms with Gasteiger partial charge in [0.05, 0.1) is 13.7 Å². The zero-order valence-corrected chi connectivity index (χ0v) is 12.1. The summed E-state index contributed by atoms with van der Waals surface area (Å²) in [6.45, 7) is 2.11. The van der Waals surface area contributed by atoms with Crippen LogP contribution < -0.4 is 14.8 Å². The lowest BCUT2D eigenvalue weighted by Gasteiger charge is -2.08. The van der Waals surface area contributed by atoms with Crippen LogP contribution in [0.15, 0.2) is 48.5 Å². The maximum atomic E-state index is 13.5. The molecule has 3 nitrogen and oxygen atoms in total. The number of halogens is 1. The molecule has 2 rings (SSSR count). The summed E-state index contributed by atoms with van der Waals surface area (Å²) < 4.78 is 24.0. The maximum absolute atomic E-state index is 13.5. The van der Waals surface area contributed by atoms with Gasteiger partial charge in [0.1, 0.15) is 5.75 Å². The van der Waals surface area contributed by atoms with E-state index in [0.717, 1.165) is 24.3 Å². The van der Waals surface area contributed by atoms with E-state index in [1.54, 1.807) is 6.07 Å². The van der Waals surface area contributed by atoms with Crippen molar-refractivity contribution in [3.63, 3.8) is 0 Å². The van der Waals surface area contributed by atoms with Crippen molar-refractivity contribution in [1.29, 1.82) is 0 Å². The molecule has 0 amide bonds. The monoisotopic (exact) mass is 289 g/mol. The lowest BCUT2D eigenvalue weighted by atomic mass is 10.2. The van der Waals surface area contributed by atoms with Crippen molar-refractivity contribution in [1.82, 2.24) is 5.32 Å². The van der Waals surface area contributed by atoms with E-state index >= 15 is 0 Å². The number of rotatable bonds is 8. The second-order valence-corrected chi connectivity index (χ2v) is 4.66. The Morgan fingerprint density at radius 2 is 1.90 bits per heavy atom. The van der Waals surface area contributed by atoms with Crippen LogP contribution in [0.4, 0.5) is 4.39 Å². The van der Waals surface area contributed by atoms with Crippen molar-refractivity contribution in [2.75, 3.05) is 20.3 Å². The normalized spacial score (nSPS) is 10.4. The average Bonchev–Trinajstić information content (AvgIpc) is 2.52. The largest absolute Gasteiger partial charge is 0.494 e. The van der Waals surface area contributed by atoms with Crippen LogP contribution in [0.5, 0.6) is 11.5 Å². The summed E-state index contributed by atoms with van der Waals surface area (Å²) >= 11 is 0. The van der Waals surface area contributed by atoms with E-state index in [1.807, 2.05) is 36.4 Å². The Hall–Kier alpha value is -2.07. The summed E-state index contributed by atoms with van der Waals surface area (Å²) in [6, 6.07) is 14.7. The van der Waals surface area contributed by atoms with Crippen LogP contribution in [-0.4, -0.2) is 20.3 Å². The molecular weight excluding hydrogens is 269 g/mol. The maximum Gasteiger partial charge on any atom is 0.165 e. The predicted octanol–water partition coefficient (Wildman–Crippen LogP) is 3.39. The van der Waals surface area contributed by atoms with Gasteiger partial charge in [-0.1, -0.05) is 24.3 Å². The lowest BCUT2D eigenvalue weighted by molar-refractivity contribution is 0.308. The minimum absolute atomic E-state index is 0.273. The molecule has 0 heterocycles. The summed E-state index contributed by atoms with van der Waals surface area (Å²) in [6.07, 6.45) is 0.896. The Kier molecular flexibility index (Phi) is 6.03. The van der Waals surface area contributed by atoms with Gasteiger partial charge >= 0.3 is 0 Å². The highest BCUT2D eigenvalue weighted by atomic mass is 19.1. The highest BCUT2D eigenvalue weighted by molar-refractivity contribution is 5.29. The first-order valence-corrected chi connectivity index (χ1v) is 7.00. The molecule has 0 aromatic heterocycles. The highest BCUT2D eigenvalue weighted by Crippen LogP contribution is 2.17. The molecule has 0 bridgehead atoms. The number of methoxy groups -OCH3 is 1. The Balaban J connectivity index is 1.62. The van der Waals surface area contributed by atoms with Crippen LogP contribution >= 0.6 is 0 Å². The van der Waals surface area contributed by atoms with Gasteiger partial charge in [-0.3, -0.25) is 0 Å². The quantitative estimate of drug-likeness (QED) is 0.756. The van der Waals surface area contributed by atoms with Gasteiger partial charge in [-0.15, -0.1) is 0 Å². The molecule has 2 aromatic carbocycles. The molecule has 112 valence electrons. The minimum Gasteiger partial charge on any atom is -0.494 e. The number of ether oxygens (including phenoxy) is 2. The zero-order valence-electron chi connectivity index (χ0n) is 12.1. The third-order valence-electron chi connectivity index (χ3n) is 3.06. The molecule has 4 heteroatoms. The standard InChI is InChI=1S/C17H20FNO2/c1-20-17-9-8-14(12-16(17)18)13-19-10-5-11-21-15-6-3-2-4-7-15/h2-4,6-9,12,19H,5,10-11,13H2,1H3. The van der Waals surface area contributed by atoms with Crippen molar-refractivity contribution in [2.45, 2.75) is 13.0 Å². The Bertz CT molecular complexity index is 546. The van der Waals surface area contributed by atoms with Crippen LogP contribution in [0.25, 0.3) is 0 Å². The van der Waals surface area contributed by atoms with E-state index in [1.165, 1.54) is 13.2 Å². The van der Waals surface area contributed by atoms with Crippen molar-refractivity contribution in [3.8, 4) is 11.5 Å². The van der Waals surface area contributed by atoms with Gasteiger partial charge in [-0.25, -0.2) is 4.39 Å². The second kappa shape index (κ2) is 8.27. The van der Waals surface area contributed by atoms with E-state index in [4.69, 9.17) is 9.47 Å². The van der Waals surface area contributed by atoms with Crippen molar-refractivity contribution >= 4 is 0 Å². The first kappa shape index (κ1) is 15.3. The number of hydrogen-bond acceptors (Lipinski definition) is 3. The summed E-state index contributed by atoms with van der Waals surface area (Å²) in [5.74, 6) is 0.828. The van der Waals surface area contributed by atoms with Crippen molar-refractivity contribution in [3.05, 3.63) is 59.9 Å². The smallest absolute Gasteiger partial charge is 0.165 e. The predicted molar refractivity (Wildman–Crippen MR) is 81.2 cm³/mol. The average molecular weight is 289 g/mol. The molecule has 0 saturated carbocycles. The van der Waals surface area contributed by atoms with Crippen molar-refractivity contribution in [2.24, 2.45) is 0 Å². The molecule has 0 spiro atoms. The van der Waals surface area contributed by atoms with Crippen LogP contribution in [0, 0.1) is 5.82 Å². The second-order valence-electron chi connectivity index (χ2n) is 4.66. The van der Waals surface area contributed by atoms with Gasteiger partial charge in [0.15, 0.2) is 11.6 Å². The molecule has 21 heavy (non-hydrogen) atoms. The zero-order chi connectivity index (χ0) is 14.9. The van der Waals surface area contributed by atoms with E-state index in [2.05, 4.69) is 5.32 Å². The summed E-state index contributed by atoms with van der Waals surface area (Å²) in [5.41, 5.74) is 0.900. The first-order chi connectivity index (χ1) is 10.3. The van der Waals surface area contributed by atoms with E-state index in [-0.39, 0.29) is 11.6 Å². The van der Waals surface area contributed by atoms with E-state index < -0.39 is 0 Å². The number of hydrogen-bond donors (Lipinski definition) is 1. The Labute approximate surface area is 124 Å². The van der Waals surface area contributed by atoms with Gasteiger partial charge in [-0.05, 0) is 42.8 Å². The fourth-order valence-electron chi connectivity index (χ4n) is 1.96. The fraction of sp³-hybridized carbons (Fsp3) is 0.294. The third-order valence-corrected chi connectivity index (χ3v) is 3.06. The van der Waals surface area contributed by atoms with Gasteiger partial charge in [0.25, 0.3) is 0 Å². The SMILES string of the molecule is COc1ccc(CNCCCOc2ccccc2)cc1F. The Morgan fingerprint density at radius 1 is 1.10 bits per heavy atom. The molecule has 1 N–H and O–H groups in total. The molecule has 0 fully saturated rings. The molecular formula is C17H20FNO2. The van der Waals surface area contributed by atoms with Gasteiger partial charge in [0, 0.05) is 6.54 Å². The minimum atomic E-state index is -0.329. The van der Waals surface area contributed by atoms with Gasteiger partial charge in [0.2, 0.25) is 0 Å². The van der Waals surface area contributed by atoms with Gasteiger partial charge < -0.3 is 14.8 Å². The molecule has 0 radical (unpaired) electrons. The molecule has 0 aliphatic carbocycles. The molecule has 0 aliphatic heterocycles. The van der Waals surface area contributed by atoms with Crippen LogP contribution in [0.3, 0.4) is 0 Å². The molecule has 0 saturated heterocycles. The van der Waals surface area contributed by atoms with Gasteiger partial charge in [-0.2, -0.15) is 0 Å². The van der Waals surface area contributed by atoms with Crippen LogP contribution in [0.1, 0.15) is 12.0 Å². The number of para-hydroxylation sites is 1.